The highest BCUT2D eigenvalue weighted by atomic mass is 35.5. The van der Waals surface area contributed by atoms with Crippen LogP contribution in [-0.4, -0.2) is 12.6 Å². The van der Waals surface area contributed by atoms with Crippen molar-refractivity contribution in [2.75, 3.05) is 11.4 Å². The Hall–Kier alpha value is -0.730. The van der Waals surface area contributed by atoms with Crippen molar-refractivity contribution in [3.05, 3.63) is 28.8 Å². The van der Waals surface area contributed by atoms with Crippen molar-refractivity contribution >= 4 is 17.3 Å². The fraction of sp³-hybridized carbons (Fsp3) is 0.538. The standard InChI is InChI=1S/C13H17ClN2/c14-13-6-12(4-2-10(13)7-15)16-8-9-1-3-11(16)5-9/h2,4,6,9,11H,1,3,5,7-8,15H2. The number of piperidine rings is 1. The summed E-state index contributed by atoms with van der Waals surface area (Å²) in [4.78, 5) is 2.51. The summed E-state index contributed by atoms with van der Waals surface area (Å²) < 4.78 is 0. The van der Waals surface area contributed by atoms with Crippen LogP contribution in [0.2, 0.25) is 5.02 Å². The fourth-order valence-corrected chi connectivity index (χ4v) is 3.37. The average molecular weight is 237 g/mol. The summed E-state index contributed by atoms with van der Waals surface area (Å²) in [7, 11) is 0. The number of hydrogen-bond acceptors (Lipinski definition) is 2. The third-order valence-corrected chi connectivity index (χ3v) is 4.35. The topological polar surface area (TPSA) is 29.3 Å². The van der Waals surface area contributed by atoms with Gasteiger partial charge in [-0.15, -0.1) is 0 Å². The van der Waals surface area contributed by atoms with Crippen LogP contribution in [0.4, 0.5) is 5.69 Å². The van der Waals surface area contributed by atoms with Crippen molar-refractivity contribution in [3.63, 3.8) is 0 Å². The zero-order valence-electron chi connectivity index (χ0n) is 9.32. The molecule has 2 aliphatic rings. The van der Waals surface area contributed by atoms with Crippen LogP contribution in [0, 0.1) is 5.92 Å². The van der Waals surface area contributed by atoms with E-state index < -0.39 is 0 Å². The summed E-state index contributed by atoms with van der Waals surface area (Å²) in [5, 5.41) is 0.808. The predicted octanol–water partition coefficient (Wildman–Crippen LogP) is 2.79. The van der Waals surface area contributed by atoms with Gasteiger partial charge in [0.25, 0.3) is 0 Å². The SMILES string of the molecule is NCc1ccc(N2CC3CCC2C3)cc1Cl. The maximum atomic E-state index is 6.20. The second-order valence-electron chi connectivity index (χ2n) is 4.97. The minimum Gasteiger partial charge on any atom is -0.368 e. The van der Waals surface area contributed by atoms with Crippen LogP contribution in [0.5, 0.6) is 0 Å². The van der Waals surface area contributed by atoms with E-state index in [2.05, 4.69) is 23.1 Å². The zero-order chi connectivity index (χ0) is 11.1. The summed E-state index contributed by atoms with van der Waals surface area (Å²) >= 11 is 6.20. The van der Waals surface area contributed by atoms with Crippen LogP contribution in [0.1, 0.15) is 24.8 Å². The van der Waals surface area contributed by atoms with Crippen molar-refractivity contribution < 1.29 is 0 Å². The van der Waals surface area contributed by atoms with Crippen molar-refractivity contribution in [1.82, 2.24) is 0 Å². The Morgan fingerprint density at radius 2 is 2.25 bits per heavy atom. The van der Waals surface area contributed by atoms with E-state index in [4.69, 9.17) is 17.3 Å². The molecule has 1 saturated carbocycles. The molecule has 0 amide bonds. The Morgan fingerprint density at radius 3 is 2.81 bits per heavy atom. The quantitative estimate of drug-likeness (QED) is 0.856. The Kier molecular flexibility index (Phi) is 2.56. The molecule has 1 aromatic rings. The second-order valence-corrected chi connectivity index (χ2v) is 5.37. The number of benzene rings is 1. The molecule has 1 aliphatic heterocycles. The first-order valence-corrected chi connectivity index (χ1v) is 6.41. The van der Waals surface area contributed by atoms with Crippen molar-refractivity contribution in [2.24, 2.45) is 11.7 Å². The average Bonchev–Trinajstić information content (AvgIpc) is 2.90. The third kappa shape index (κ3) is 1.61. The van der Waals surface area contributed by atoms with Gasteiger partial charge in [-0.1, -0.05) is 17.7 Å². The van der Waals surface area contributed by atoms with Crippen molar-refractivity contribution in [3.8, 4) is 0 Å². The van der Waals surface area contributed by atoms with Crippen molar-refractivity contribution in [1.29, 1.82) is 0 Å². The normalized spacial score (nSPS) is 27.8. The monoisotopic (exact) mass is 236 g/mol. The van der Waals surface area contributed by atoms with E-state index in [9.17, 15) is 0 Å². The molecule has 1 aromatic carbocycles. The first-order chi connectivity index (χ1) is 7.78. The summed E-state index contributed by atoms with van der Waals surface area (Å²) in [6.07, 6.45) is 4.13. The lowest BCUT2D eigenvalue weighted by Gasteiger charge is -2.29. The van der Waals surface area contributed by atoms with Crippen LogP contribution in [0.25, 0.3) is 0 Å². The number of nitrogens with zero attached hydrogens (tertiary/aromatic N) is 1. The van der Waals surface area contributed by atoms with E-state index >= 15 is 0 Å². The van der Waals surface area contributed by atoms with Crippen LogP contribution in [-0.2, 0) is 6.54 Å². The fourth-order valence-electron chi connectivity index (χ4n) is 3.12. The second kappa shape index (κ2) is 3.94. The third-order valence-electron chi connectivity index (χ3n) is 4.00. The number of nitrogens with two attached hydrogens (primary N) is 1. The highest BCUT2D eigenvalue weighted by Crippen LogP contribution is 2.40. The summed E-state index contributed by atoms with van der Waals surface area (Å²) in [6.45, 7) is 1.73. The molecule has 16 heavy (non-hydrogen) atoms. The Labute approximate surface area is 101 Å². The number of fused-ring (bicyclic) bond motifs is 2. The molecular weight excluding hydrogens is 220 g/mol. The molecule has 3 heteroatoms. The van der Waals surface area contributed by atoms with Crippen molar-refractivity contribution in [2.45, 2.75) is 31.8 Å². The highest BCUT2D eigenvalue weighted by Gasteiger charge is 2.37. The molecule has 2 bridgehead atoms. The summed E-state index contributed by atoms with van der Waals surface area (Å²) in [6, 6.07) is 7.05. The molecule has 2 atom stereocenters. The summed E-state index contributed by atoms with van der Waals surface area (Å²) in [5.74, 6) is 0.915. The van der Waals surface area contributed by atoms with Gasteiger partial charge in [0.05, 0.1) is 0 Å². The smallest absolute Gasteiger partial charge is 0.0471 e. The molecule has 2 N–H and O–H groups in total. The molecule has 1 saturated heterocycles. The molecular formula is C13H17ClN2. The van der Waals surface area contributed by atoms with Gasteiger partial charge in [-0.2, -0.15) is 0 Å². The molecule has 0 radical (unpaired) electrons. The van der Waals surface area contributed by atoms with Gasteiger partial charge in [-0.05, 0) is 42.9 Å². The number of rotatable bonds is 2. The molecule has 0 spiro atoms. The van der Waals surface area contributed by atoms with Crippen LogP contribution in [0.3, 0.4) is 0 Å². The van der Waals surface area contributed by atoms with Gasteiger partial charge in [0.2, 0.25) is 0 Å². The van der Waals surface area contributed by atoms with Gasteiger partial charge in [-0.25, -0.2) is 0 Å². The molecule has 2 nitrogen and oxygen atoms in total. The van der Waals surface area contributed by atoms with E-state index in [1.54, 1.807) is 0 Å². The minimum atomic E-state index is 0.519. The van der Waals surface area contributed by atoms with E-state index in [1.807, 2.05) is 0 Å². The predicted molar refractivity (Wildman–Crippen MR) is 67.8 cm³/mol. The van der Waals surface area contributed by atoms with Gasteiger partial charge in [0.15, 0.2) is 0 Å². The first kappa shape index (κ1) is 10.4. The largest absolute Gasteiger partial charge is 0.368 e. The van der Waals surface area contributed by atoms with E-state index in [0.29, 0.717) is 6.54 Å². The van der Waals surface area contributed by atoms with Crippen LogP contribution >= 0.6 is 11.6 Å². The lowest BCUT2D eigenvalue weighted by atomic mass is 10.1. The lowest BCUT2D eigenvalue weighted by Crippen LogP contribution is -2.31. The molecule has 0 aromatic heterocycles. The van der Waals surface area contributed by atoms with Crippen LogP contribution in [0.15, 0.2) is 18.2 Å². The molecule has 2 fully saturated rings. The Bertz CT molecular complexity index is 405. The molecule has 2 unspecified atom stereocenters. The molecule has 3 rings (SSSR count). The molecule has 1 heterocycles. The van der Waals surface area contributed by atoms with E-state index in [1.165, 1.54) is 31.5 Å². The number of anilines is 1. The minimum absolute atomic E-state index is 0.519. The summed E-state index contributed by atoms with van der Waals surface area (Å²) in [5.41, 5.74) is 7.93. The first-order valence-electron chi connectivity index (χ1n) is 6.03. The zero-order valence-corrected chi connectivity index (χ0v) is 10.1. The Balaban J connectivity index is 1.87. The lowest BCUT2D eigenvalue weighted by molar-refractivity contribution is 0.553. The van der Waals surface area contributed by atoms with E-state index in [-0.39, 0.29) is 0 Å². The van der Waals surface area contributed by atoms with Gasteiger partial charge in [0.1, 0.15) is 0 Å². The van der Waals surface area contributed by atoms with Gasteiger partial charge >= 0.3 is 0 Å². The number of halogens is 1. The highest BCUT2D eigenvalue weighted by molar-refractivity contribution is 6.31. The molecule has 1 aliphatic carbocycles. The van der Waals surface area contributed by atoms with Crippen LogP contribution < -0.4 is 10.6 Å². The Morgan fingerprint density at radius 1 is 1.38 bits per heavy atom. The maximum Gasteiger partial charge on any atom is 0.0471 e. The molecule has 86 valence electrons. The van der Waals surface area contributed by atoms with E-state index in [0.717, 1.165) is 22.5 Å². The van der Waals surface area contributed by atoms with Gasteiger partial charge in [0, 0.05) is 29.8 Å². The van der Waals surface area contributed by atoms with Gasteiger partial charge in [-0.3, -0.25) is 0 Å². The van der Waals surface area contributed by atoms with Gasteiger partial charge < -0.3 is 10.6 Å². The maximum absolute atomic E-state index is 6.20. The number of hydrogen-bond donors (Lipinski definition) is 1.